The van der Waals surface area contributed by atoms with E-state index in [2.05, 4.69) is 0 Å². The zero-order chi connectivity index (χ0) is 14.9. The predicted molar refractivity (Wildman–Crippen MR) is 78.7 cm³/mol. The zero-order valence-corrected chi connectivity index (χ0v) is 12.6. The topological polar surface area (TPSA) is 72.6 Å². The van der Waals surface area contributed by atoms with E-state index in [1.165, 1.54) is 16.7 Å². The summed E-state index contributed by atoms with van der Waals surface area (Å²) in [5, 5.41) is -0.403. The molecule has 108 valence electrons. The average Bonchev–Trinajstić information content (AvgIpc) is 2.67. The third-order valence-corrected chi connectivity index (χ3v) is 4.41. The summed E-state index contributed by atoms with van der Waals surface area (Å²) in [4.78, 5) is 26.2. The van der Waals surface area contributed by atoms with Crippen LogP contribution in [0, 0.1) is 0 Å². The molecule has 1 aliphatic rings. The summed E-state index contributed by atoms with van der Waals surface area (Å²) < 4.78 is 5.15. The number of nitrogens with two attached hydrogens (primary N) is 1. The number of nitrogen functional groups attached to an aromatic ring is 1. The summed E-state index contributed by atoms with van der Waals surface area (Å²) >= 11 is 1.32. The number of nitrogens with zero attached hydrogens (tertiary/aromatic N) is 1. The van der Waals surface area contributed by atoms with Crippen LogP contribution < -0.4 is 10.5 Å². The Morgan fingerprint density at radius 1 is 1.40 bits per heavy atom. The molecule has 1 heterocycles. The Kier molecular flexibility index (Phi) is 4.23. The van der Waals surface area contributed by atoms with Gasteiger partial charge in [-0.3, -0.25) is 14.5 Å². The molecule has 6 heteroatoms. The van der Waals surface area contributed by atoms with Crippen molar-refractivity contribution in [3.63, 3.8) is 0 Å². The van der Waals surface area contributed by atoms with Crippen molar-refractivity contribution in [2.45, 2.75) is 36.5 Å². The third-order valence-electron chi connectivity index (χ3n) is 3.15. The maximum Gasteiger partial charge on any atom is 0.243 e. The number of likely N-dealkylation sites (tertiary alicyclic amines) is 1. The molecule has 0 saturated carbocycles. The second kappa shape index (κ2) is 5.75. The molecule has 1 saturated heterocycles. The van der Waals surface area contributed by atoms with Gasteiger partial charge >= 0.3 is 0 Å². The van der Waals surface area contributed by atoms with Gasteiger partial charge < -0.3 is 10.5 Å². The lowest BCUT2D eigenvalue weighted by atomic mass is 10.3. The SMILES string of the molecule is COc1ccc(N)c(SC2CC(=O)N(C(C)C)C2=O)c1. The summed E-state index contributed by atoms with van der Waals surface area (Å²) in [6.07, 6.45) is 0.221. The van der Waals surface area contributed by atoms with Gasteiger partial charge in [0.15, 0.2) is 0 Å². The Bertz CT molecular complexity index is 545. The summed E-state index contributed by atoms with van der Waals surface area (Å²) in [5.41, 5.74) is 6.49. The maximum atomic E-state index is 12.2. The third kappa shape index (κ3) is 2.75. The van der Waals surface area contributed by atoms with E-state index in [1.54, 1.807) is 25.3 Å². The Hall–Kier alpha value is -1.69. The number of carbonyl (C=O) groups is 2. The number of benzene rings is 1. The van der Waals surface area contributed by atoms with Crippen LogP contribution in [0.5, 0.6) is 5.75 Å². The average molecular weight is 294 g/mol. The number of amides is 2. The van der Waals surface area contributed by atoms with Gasteiger partial charge in [-0.2, -0.15) is 0 Å². The molecule has 0 aliphatic carbocycles. The molecule has 1 aromatic rings. The second-order valence-electron chi connectivity index (χ2n) is 4.91. The summed E-state index contributed by atoms with van der Waals surface area (Å²) in [6, 6.07) is 5.18. The van der Waals surface area contributed by atoms with Crippen molar-refractivity contribution in [2.24, 2.45) is 0 Å². The lowest BCUT2D eigenvalue weighted by molar-refractivity contribution is -0.140. The first kappa shape index (κ1) is 14.7. The highest BCUT2D eigenvalue weighted by atomic mass is 32.2. The van der Waals surface area contributed by atoms with E-state index < -0.39 is 5.25 Å². The van der Waals surface area contributed by atoms with Crippen LogP contribution in [0.1, 0.15) is 20.3 Å². The van der Waals surface area contributed by atoms with Gasteiger partial charge in [0.1, 0.15) is 5.75 Å². The summed E-state index contributed by atoms with van der Waals surface area (Å²) in [5.74, 6) is 0.417. The smallest absolute Gasteiger partial charge is 0.243 e. The van der Waals surface area contributed by atoms with E-state index in [-0.39, 0.29) is 24.3 Å². The van der Waals surface area contributed by atoms with Crippen molar-refractivity contribution in [2.75, 3.05) is 12.8 Å². The first-order valence-corrected chi connectivity index (χ1v) is 7.28. The number of hydrogen-bond acceptors (Lipinski definition) is 5. The highest BCUT2D eigenvalue weighted by Gasteiger charge is 2.40. The van der Waals surface area contributed by atoms with Gasteiger partial charge in [-0.25, -0.2) is 0 Å². The van der Waals surface area contributed by atoms with Gasteiger partial charge in [-0.1, -0.05) is 0 Å². The second-order valence-corrected chi connectivity index (χ2v) is 6.15. The largest absolute Gasteiger partial charge is 0.497 e. The first-order chi connectivity index (χ1) is 9.43. The molecular weight excluding hydrogens is 276 g/mol. The molecule has 1 atom stereocenters. The van der Waals surface area contributed by atoms with E-state index in [4.69, 9.17) is 10.5 Å². The van der Waals surface area contributed by atoms with Crippen LogP contribution in [0.4, 0.5) is 5.69 Å². The van der Waals surface area contributed by atoms with E-state index >= 15 is 0 Å². The number of thioether (sulfide) groups is 1. The minimum Gasteiger partial charge on any atom is -0.497 e. The van der Waals surface area contributed by atoms with Gasteiger partial charge in [-0.05, 0) is 32.0 Å². The minimum atomic E-state index is -0.403. The van der Waals surface area contributed by atoms with Crippen molar-refractivity contribution < 1.29 is 14.3 Å². The van der Waals surface area contributed by atoms with Crippen molar-refractivity contribution in [1.29, 1.82) is 0 Å². The molecule has 2 rings (SSSR count). The van der Waals surface area contributed by atoms with E-state index in [0.717, 1.165) is 4.90 Å². The van der Waals surface area contributed by atoms with Gasteiger partial charge in [0.2, 0.25) is 11.8 Å². The monoisotopic (exact) mass is 294 g/mol. The molecule has 0 radical (unpaired) electrons. The molecule has 20 heavy (non-hydrogen) atoms. The van der Waals surface area contributed by atoms with Crippen LogP contribution >= 0.6 is 11.8 Å². The lowest BCUT2D eigenvalue weighted by Gasteiger charge is -2.19. The lowest BCUT2D eigenvalue weighted by Crippen LogP contribution is -2.37. The number of hydrogen-bond donors (Lipinski definition) is 1. The van der Waals surface area contributed by atoms with Crippen LogP contribution in [-0.2, 0) is 9.59 Å². The number of imide groups is 1. The molecule has 0 aromatic heterocycles. The van der Waals surface area contributed by atoms with Crippen LogP contribution in [0.2, 0.25) is 0 Å². The molecule has 2 N–H and O–H groups in total. The molecule has 2 amide bonds. The van der Waals surface area contributed by atoms with E-state index in [1.807, 2.05) is 13.8 Å². The van der Waals surface area contributed by atoms with Crippen molar-refractivity contribution in [3.8, 4) is 5.75 Å². The molecular formula is C14H18N2O3S. The van der Waals surface area contributed by atoms with Crippen LogP contribution in [-0.4, -0.2) is 35.1 Å². The molecule has 1 aromatic carbocycles. The van der Waals surface area contributed by atoms with Crippen LogP contribution in [0.15, 0.2) is 23.1 Å². The van der Waals surface area contributed by atoms with E-state index in [0.29, 0.717) is 11.4 Å². The minimum absolute atomic E-state index is 0.108. The fourth-order valence-corrected chi connectivity index (χ4v) is 3.29. The molecule has 5 nitrogen and oxygen atoms in total. The fourth-order valence-electron chi connectivity index (χ4n) is 2.15. The summed E-state index contributed by atoms with van der Waals surface area (Å²) in [7, 11) is 1.57. The molecule has 1 unspecified atom stereocenters. The molecule has 1 aliphatic heterocycles. The number of carbonyl (C=O) groups excluding carboxylic acids is 2. The van der Waals surface area contributed by atoms with Crippen LogP contribution in [0.3, 0.4) is 0 Å². The van der Waals surface area contributed by atoms with Crippen molar-refractivity contribution in [1.82, 2.24) is 4.90 Å². The Labute approximate surface area is 122 Å². The quantitative estimate of drug-likeness (QED) is 0.678. The molecule has 1 fully saturated rings. The normalized spacial score (nSPS) is 19.0. The summed E-state index contributed by atoms with van der Waals surface area (Å²) in [6.45, 7) is 3.67. The van der Waals surface area contributed by atoms with Gasteiger partial charge in [0.25, 0.3) is 0 Å². The highest BCUT2D eigenvalue weighted by molar-refractivity contribution is 8.00. The number of methoxy groups -OCH3 is 1. The Morgan fingerprint density at radius 2 is 2.10 bits per heavy atom. The fraction of sp³-hybridized carbons (Fsp3) is 0.429. The van der Waals surface area contributed by atoms with Crippen LogP contribution in [0.25, 0.3) is 0 Å². The van der Waals surface area contributed by atoms with Crippen molar-refractivity contribution >= 4 is 29.3 Å². The molecule has 0 bridgehead atoms. The Balaban J connectivity index is 2.19. The van der Waals surface area contributed by atoms with Gasteiger partial charge in [-0.15, -0.1) is 11.8 Å². The Morgan fingerprint density at radius 3 is 2.65 bits per heavy atom. The number of ether oxygens (including phenoxy) is 1. The highest BCUT2D eigenvalue weighted by Crippen LogP contribution is 2.36. The van der Waals surface area contributed by atoms with E-state index in [9.17, 15) is 9.59 Å². The number of anilines is 1. The van der Waals surface area contributed by atoms with Gasteiger partial charge in [0, 0.05) is 23.0 Å². The standard InChI is InChI=1S/C14H18N2O3S/c1-8(2)16-13(17)7-12(14(16)18)20-11-6-9(19-3)4-5-10(11)15/h4-6,8,12H,7,15H2,1-3H3. The molecule has 0 spiro atoms. The zero-order valence-electron chi connectivity index (χ0n) is 11.8. The maximum absolute atomic E-state index is 12.2. The first-order valence-electron chi connectivity index (χ1n) is 6.40. The van der Waals surface area contributed by atoms with Crippen molar-refractivity contribution in [3.05, 3.63) is 18.2 Å². The number of rotatable bonds is 4. The predicted octanol–water partition coefficient (Wildman–Crippen LogP) is 1.91. The van der Waals surface area contributed by atoms with Gasteiger partial charge in [0.05, 0.1) is 12.4 Å².